The van der Waals surface area contributed by atoms with Gasteiger partial charge in [0.2, 0.25) is 0 Å². The standard InChI is InChI=1S/C4H9O.C2H4O2/c1-3-5-4-2;1-2(3)4/h1,3-4H2,2H3;1H3,(H,3,4). The zero-order valence-corrected chi connectivity index (χ0v) is 5.89. The predicted molar refractivity (Wildman–Crippen MR) is 35.2 cm³/mol. The van der Waals surface area contributed by atoms with Crippen LogP contribution in [-0.2, 0) is 9.53 Å². The summed E-state index contributed by atoms with van der Waals surface area (Å²) in [5.74, 6) is -0.833. The van der Waals surface area contributed by atoms with E-state index < -0.39 is 5.97 Å². The van der Waals surface area contributed by atoms with E-state index in [0.717, 1.165) is 13.5 Å². The highest BCUT2D eigenvalue weighted by Crippen LogP contribution is 1.63. The summed E-state index contributed by atoms with van der Waals surface area (Å²) in [5, 5.41) is 7.42. The first-order chi connectivity index (χ1) is 4.15. The zero-order valence-electron chi connectivity index (χ0n) is 5.89. The van der Waals surface area contributed by atoms with Gasteiger partial charge in [-0.15, -0.1) is 0 Å². The monoisotopic (exact) mass is 133 g/mol. The Morgan fingerprint density at radius 1 is 1.78 bits per heavy atom. The molecule has 9 heavy (non-hydrogen) atoms. The molecule has 1 radical (unpaired) electrons. The van der Waals surface area contributed by atoms with Gasteiger partial charge in [0.05, 0.1) is 0 Å². The second-order valence-electron chi connectivity index (χ2n) is 1.22. The van der Waals surface area contributed by atoms with Crippen molar-refractivity contribution in [2.24, 2.45) is 0 Å². The number of hydrogen-bond acceptors (Lipinski definition) is 2. The lowest BCUT2D eigenvalue weighted by Gasteiger charge is -1.86. The average Bonchev–Trinajstić information content (AvgIpc) is 1.66. The van der Waals surface area contributed by atoms with Crippen LogP contribution in [0.15, 0.2) is 0 Å². The maximum absolute atomic E-state index is 9.00. The third-order valence-electron chi connectivity index (χ3n) is 0.348. The molecule has 0 amide bonds. The largest absolute Gasteiger partial charge is 0.481 e. The van der Waals surface area contributed by atoms with Crippen LogP contribution in [0.25, 0.3) is 0 Å². The summed E-state index contributed by atoms with van der Waals surface area (Å²) >= 11 is 0. The second-order valence-corrected chi connectivity index (χ2v) is 1.22. The molecule has 0 unspecified atom stereocenters. The Labute approximate surface area is 55.6 Å². The van der Waals surface area contributed by atoms with E-state index in [-0.39, 0.29) is 0 Å². The molecule has 0 spiro atoms. The van der Waals surface area contributed by atoms with Crippen LogP contribution in [0.5, 0.6) is 0 Å². The molecule has 0 bridgehead atoms. The smallest absolute Gasteiger partial charge is 0.300 e. The fourth-order valence-electron chi connectivity index (χ4n) is 0.144. The molecule has 0 aromatic rings. The van der Waals surface area contributed by atoms with E-state index in [2.05, 4.69) is 6.92 Å². The Balaban J connectivity index is 0. The first-order valence-corrected chi connectivity index (χ1v) is 2.71. The Hall–Kier alpha value is -0.570. The van der Waals surface area contributed by atoms with E-state index in [1.165, 1.54) is 0 Å². The third-order valence-corrected chi connectivity index (χ3v) is 0.348. The molecule has 0 heterocycles. The minimum absolute atomic E-state index is 0.594. The van der Waals surface area contributed by atoms with Gasteiger partial charge in [0.1, 0.15) is 0 Å². The van der Waals surface area contributed by atoms with E-state index in [0.29, 0.717) is 6.61 Å². The molecule has 55 valence electrons. The average molecular weight is 133 g/mol. The van der Waals surface area contributed by atoms with Crippen molar-refractivity contribution < 1.29 is 14.6 Å². The number of rotatable bonds is 2. The number of carboxylic acid groups (broad SMARTS) is 1. The Morgan fingerprint density at radius 3 is 2.11 bits per heavy atom. The molecule has 3 nitrogen and oxygen atoms in total. The topological polar surface area (TPSA) is 46.5 Å². The molecule has 0 aliphatic rings. The van der Waals surface area contributed by atoms with Gasteiger partial charge < -0.3 is 9.84 Å². The quantitative estimate of drug-likeness (QED) is 0.610. The summed E-state index contributed by atoms with van der Waals surface area (Å²) in [6.07, 6.45) is 0. The van der Waals surface area contributed by atoms with Gasteiger partial charge in [-0.3, -0.25) is 4.79 Å². The summed E-state index contributed by atoms with van der Waals surface area (Å²) < 4.78 is 4.72. The molecule has 0 aromatic carbocycles. The Bertz CT molecular complexity index is 55.3. The van der Waals surface area contributed by atoms with Crippen molar-refractivity contribution in [1.82, 2.24) is 0 Å². The number of hydrogen-bond donors (Lipinski definition) is 1. The van der Waals surface area contributed by atoms with Crippen molar-refractivity contribution in [3.63, 3.8) is 0 Å². The lowest BCUT2D eigenvalue weighted by Crippen LogP contribution is -1.84. The van der Waals surface area contributed by atoms with Crippen molar-refractivity contribution in [2.75, 3.05) is 13.2 Å². The normalized spacial score (nSPS) is 7.44. The van der Waals surface area contributed by atoms with Crippen LogP contribution < -0.4 is 0 Å². The Morgan fingerprint density at radius 2 is 2.11 bits per heavy atom. The lowest BCUT2D eigenvalue weighted by atomic mass is 10.8. The molecule has 3 heteroatoms. The van der Waals surface area contributed by atoms with Crippen molar-refractivity contribution in [1.29, 1.82) is 0 Å². The van der Waals surface area contributed by atoms with E-state index in [1.54, 1.807) is 0 Å². The molecule has 0 saturated heterocycles. The highest BCUT2D eigenvalue weighted by Gasteiger charge is 1.65. The van der Waals surface area contributed by atoms with Crippen LogP contribution in [0.1, 0.15) is 13.8 Å². The highest BCUT2D eigenvalue weighted by molar-refractivity contribution is 5.62. The predicted octanol–water partition coefficient (Wildman–Crippen LogP) is 0.948. The third kappa shape index (κ3) is 107. The molecular formula is C6H13O3. The van der Waals surface area contributed by atoms with Crippen LogP contribution in [0.3, 0.4) is 0 Å². The first-order valence-electron chi connectivity index (χ1n) is 2.71. The maximum atomic E-state index is 9.00. The van der Waals surface area contributed by atoms with Crippen LogP contribution in [0.2, 0.25) is 0 Å². The molecular weight excluding hydrogens is 120 g/mol. The van der Waals surface area contributed by atoms with Gasteiger partial charge in [-0.1, -0.05) is 0 Å². The first kappa shape index (κ1) is 11.3. The number of ether oxygens (including phenoxy) is 1. The van der Waals surface area contributed by atoms with Crippen molar-refractivity contribution in [2.45, 2.75) is 13.8 Å². The van der Waals surface area contributed by atoms with E-state index in [9.17, 15) is 0 Å². The van der Waals surface area contributed by atoms with Crippen molar-refractivity contribution in [3.8, 4) is 0 Å². The van der Waals surface area contributed by atoms with Gasteiger partial charge in [-0.05, 0) is 13.8 Å². The van der Waals surface area contributed by atoms with Gasteiger partial charge in [0.15, 0.2) is 0 Å². The van der Waals surface area contributed by atoms with E-state index in [4.69, 9.17) is 14.6 Å². The van der Waals surface area contributed by atoms with Gasteiger partial charge in [0, 0.05) is 20.1 Å². The number of carboxylic acids is 1. The van der Waals surface area contributed by atoms with E-state index in [1.807, 2.05) is 6.92 Å². The van der Waals surface area contributed by atoms with Crippen LogP contribution in [-0.4, -0.2) is 24.3 Å². The Kier molecular flexibility index (Phi) is 13.0. The zero-order chi connectivity index (χ0) is 7.70. The molecule has 1 N–H and O–H groups in total. The summed E-state index contributed by atoms with van der Waals surface area (Å²) in [5.41, 5.74) is 0. The number of carbonyl (C=O) groups is 1. The number of aliphatic carboxylic acids is 1. The van der Waals surface area contributed by atoms with Gasteiger partial charge in [-0.2, -0.15) is 0 Å². The molecule has 0 fully saturated rings. The summed E-state index contributed by atoms with van der Waals surface area (Å²) in [7, 11) is 0. The summed E-state index contributed by atoms with van der Waals surface area (Å²) in [6, 6.07) is 0. The minimum Gasteiger partial charge on any atom is -0.481 e. The van der Waals surface area contributed by atoms with Crippen LogP contribution in [0, 0.1) is 6.92 Å². The summed E-state index contributed by atoms with van der Waals surface area (Å²) in [6.45, 7) is 7.86. The fraction of sp³-hybridized carbons (Fsp3) is 0.667. The van der Waals surface area contributed by atoms with Crippen molar-refractivity contribution >= 4 is 5.97 Å². The second kappa shape index (κ2) is 10.4. The van der Waals surface area contributed by atoms with Gasteiger partial charge in [-0.25, -0.2) is 0 Å². The van der Waals surface area contributed by atoms with Crippen LogP contribution in [0.4, 0.5) is 0 Å². The van der Waals surface area contributed by atoms with Gasteiger partial charge in [0.25, 0.3) is 5.97 Å². The molecule has 0 aliphatic heterocycles. The fourth-order valence-corrected chi connectivity index (χ4v) is 0.144. The molecule has 0 aliphatic carbocycles. The SMILES string of the molecule is CC(=O)O.[CH2]COCC. The van der Waals surface area contributed by atoms with E-state index >= 15 is 0 Å². The van der Waals surface area contributed by atoms with Gasteiger partial charge >= 0.3 is 0 Å². The van der Waals surface area contributed by atoms with Crippen LogP contribution >= 0.6 is 0 Å². The molecule has 0 aromatic heterocycles. The molecule has 0 saturated carbocycles. The summed E-state index contributed by atoms with van der Waals surface area (Å²) in [4.78, 5) is 9.00. The van der Waals surface area contributed by atoms with Crippen molar-refractivity contribution in [3.05, 3.63) is 6.92 Å². The minimum atomic E-state index is -0.833. The maximum Gasteiger partial charge on any atom is 0.300 e. The molecule has 0 rings (SSSR count). The lowest BCUT2D eigenvalue weighted by molar-refractivity contribution is -0.134. The molecule has 0 atom stereocenters. The highest BCUT2D eigenvalue weighted by atomic mass is 16.5.